The van der Waals surface area contributed by atoms with Crippen LogP contribution in [-0.2, 0) is 6.61 Å². The molecule has 0 unspecified atom stereocenters. The van der Waals surface area contributed by atoms with E-state index in [0.29, 0.717) is 23.7 Å². The predicted molar refractivity (Wildman–Crippen MR) is 57.8 cm³/mol. The lowest BCUT2D eigenvalue weighted by Gasteiger charge is -2.13. The van der Waals surface area contributed by atoms with E-state index in [-0.39, 0.29) is 6.61 Å². The average Bonchev–Trinajstić information content (AvgIpc) is 2.19. The minimum atomic E-state index is -0.0763. The van der Waals surface area contributed by atoms with Crippen molar-refractivity contribution in [2.45, 2.75) is 13.5 Å². The Morgan fingerprint density at radius 3 is 2.64 bits per heavy atom. The summed E-state index contributed by atoms with van der Waals surface area (Å²) < 4.78 is 11.4. The third-order valence-corrected chi connectivity index (χ3v) is 2.58. The van der Waals surface area contributed by atoms with Gasteiger partial charge in [-0.05, 0) is 19.1 Å². The van der Waals surface area contributed by atoms with Gasteiger partial charge in [0.05, 0.1) is 20.3 Å². The van der Waals surface area contributed by atoms with Gasteiger partial charge in [-0.2, -0.15) is 0 Å². The van der Waals surface area contributed by atoms with Crippen molar-refractivity contribution in [1.29, 1.82) is 0 Å². The molecular formula is C10H13BrO3. The zero-order valence-corrected chi connectivity index (χ0v) is 9.80. The molecule has 0 aliphatic carbocycles. The van der Waals surface area contributed by atoms with Crippen molar-refractivity contribution in [1.82, 2.24) is 0 Å². The lowest BCUT2D eigenvalue weighted by atomic mass is 10.2. The van der Waals surface area contributed by atoms with Crippen LogP contribution in [-0.4, -0.2) is 18.8 Å². The summed E-state index contributed by atoms with van der Waals surface area (Å²) in [5, 5.41) is 9.18. The second-order valence-corrected chi connectivity index (χ2v) is 3.50. The van der Waals surface area contributed by atoms with Crippen LogP contribution in [0, 0.1) is 0 Å². The van der Waals surface area contributed by atoms with Gasteiger partial charge in [0, 0.05) is 10.0 Å². The molecule has 0 saturated heterocycles. The summed E-state index contributed by atoms with van der Waals surface area (Å²) in [6, 6.07) is 3.63. The predicted octanol–water partition coefficient (Wildman–Crippen LogP) is 2.35. The molecule has 0 amide bonds. The fraction of sp³-hybridized carbons (Fsp3) is 0.400. The van der Waals surface area contributed by atoms with Crippen LogP contribution in [0.5, 0.6) is 11.5 Å². The van der Waals surface area contributed by atoms with Crippen LogP contribution in [0.3, 0.4) is 0 Å². The molecule has 0 radical (unpaired) electrons. The Morgan fingerprint density at radius 2 is 2.14 bits per heavy atom. The first-order chi connectivity index (χ1) is 6.74. The average molecular weight is 261 g/mol. The van der Waals surface area contributed by atoms with Gasteiger partial charge in [-0.25, -0.2) is 0 Å². The summed E-state index contributed by atoms with van der Waals surface area (Å²) in [5.41, 5.74) is 0.714. The zero-order chi connectivity index (χ0) is 10.6. The van der Waals surface area contributed by atoms with Crippen molar-refractivity contribution in [3.05, 3.63) is 22.2 Å². The third kappa shape index (κ3) is 2.19. The van der Waals surface area contributed by atoms with Crippen molar-refractivity contribution >= 4 is 15.9 Å². The minimum Gasteiger partial charge on any atom is -0.493 e. The standard InChI is InChI=1S/C10H13BrO3/c1-3-14-10-7(6-12)8(11)4-5-9(10)13-2/h4-5,12H,3,6H2,1-2H3. The van der Waals surface area contributed by atoms with Gasteiger partial charge in [0.2, 0.25) is 0 Å². The number of aliphatic hydroxyl groups is 1. The number of halogens is 1. The summed E-state index contributed by atoms with van der Waals surface area (Å²) in [5.74, 6) is 1.24. The molecule has 0 aliphatic heterocycles. The van der Waals surface area contributed by atoms with Gasteiger partial charge in [-0.15, -0.1) is 0 Å². The van der Waals surface area contributed by atoms with Crippen molar-refractivity contribution in [2.75, 3.05) is 13.7 Å². The Balaban J connectivity index is 3.21. The summed E-state index contributed by atoms with van der Waals surface area (Å²) in [6.07, 6.45) is 0. The fourth-order valence-corrected chi connectivity index (χ4v) is 1.63. The summed E-state index contributed by atoms with van der Waals surface area (Å²) >= 11 is 3.35. The first kappa shape index (κ1) is 11.3. The zero-order valence-electron chi connectivity index (χ0n) is 8.21. The van der Waals surface area contributed by atoms with E-state index < -0.39 is 0 Å². The van der Waals surface area contributed by atoms with E-state index in [1.807, 2.05) is 13.0 Å². The molecule has 0 bridgehead atoms. The van der Waals surface area contributed by atoms with E-state index in [2.05, 4.69) is 15.9 Å². The molecule has 1 rings (SSSR count). The first-order valence-electron chi connectivity index (χ1n) is 4.33. The van der Waals surface area contributed by atoms with E-state index in [1.165, 1.54) is 0 Å². The Bertz CT molecular complexity index is 312. The Hall–Kier alpha value is -0.740. The van der Waals surface area contributed by atoms with Crippen LogP contribution < -0.4 is 9.47 Å². The van der Waals surface area contributed by atoms with E-state index in [0.717, 1.165) is 4.47 Å². The van der Waals surface area contributed by atoms with Crippen LogP contribution in [0.2, 0.25) is 0 Å². The van der Waals surface area contributed by atoms with Crippen molar-refractivity contribution < 1.29 is 14.6 Å². The second kappa shape index (κ2) is 5.22. The van der Waals surface area contributed by atoms with Crippen LogP contribution in [0.1, 0.15) is 12.5 Å². The lowest BCUT2D eigenvalue weighted by Crippen LogP contribution is -2.00. The quantitative estimate of drug-likeness (QED) is 0.904. The number of hydrogen-bond donors (Lipinski definition) is 1. The fourth-order valence-electron chi connectivity index (χ4n) is 1.19. The van der Waals surface area contributed by atoms with Crippen molar-refractivity contribution in [3.8, 4) is 11.5 Å². The van der Waals surface area contributed by atoms with E-state index in [9.17, 15) is 5.11 Å². The largest absolute Gasteiger partial charge is 0.493 e. The van der Waals surface area contributed by atoms with E-state index >= 15 is 0 Å². The summed E-state index contributed by atoms with van der Waals surface area (Å²) in [7, 11) is 1.58. The van der Waals surface area contributed by atoms with Crippen LogP contribution >= 0.6 is 15.9 Å². The number of hydrogen-bond acceptors (Lipinski definition) is 3. The molecule has 4 heteroatoms. The van der Waals surface area contributed by atoms with Crippen LogP contribution in [0.25, 0.3) is 0 Å². The molecular weight excluding hydrogens is 248 g/mol. The maximum Gasteiger partial charge on any atom is 0.167 e. The molecule has 1 N–H and O–H groups in total. The highest BCUT2D eigenvalue weighted by atomic mass is 79.9. The molecule has 0 aromatic heterocycles. The topological polar surface area (TPSA) is 38.7 Å². The Labute approximate surface area is 91.8 Å². The molecule has 1 aromatic rings. The molecule has 0 spiro atoms. The lowest BCUT2D eigenvalue weighted by molar-refractivity contribution is 0.259. The molecule has 3 nitrogen and oxygen atoms in total. The molecule has 78 valence electrons. The SMILES string of the molecule is CCOc1c(OC)ccc(Br)c1CO. The van der Waals surface area contributed by atoms with Gasteiger partial charge in [-0.3, -0.25) is 0 Å². The molecule has 14 heavy (non-hydrogen) atoms. The smallest absolute Gasteiger partial charge is 0.167 e. The van der Waals surface area contributed by atoms with Crippen molar-refractivity contribution in [3.63, 3.8) is 0 Å². The number of methoxy groups -OCH3 is 1. The van der Waals surface area contributed by atoms with Crippen molar-refractivity contribution in [2.24, 2.45) is 0 Å². The summed E-state index contributed by atoms with van der Waals surface area (Å²) in [4.78, 5) is 0. The van der Waals surface area contributed by atoms with Gasteiger partial charge >= 0.3 is 0 Å². The van der Waals surface area contributed by atoms with Gasteiger partial charge in [0.1, 0.15) is 0 Å². The minimum absolute atomic E-state index is 0.0763. The normalized spacial score (nSPS) is 10.0. The van der Waals surface area contributed by atoms with Crippen LogP contribution in [0.4, 0.5) is 0 Å². The number of benzene rings is 1. The van der Waals surface area contributed by atoms with Crippen LogP contribution in [0.15, 0.2) is 16.6 Å². The first-order valence-corrected chi connectivity index (χ1v) is 5.12. The van der Waals surface area contributed by atoms with Gasteiger partial charge in [0.15, 0.2) is 11.5 Å². The molecule has 0 atom stereocenters. The highest BCUT2D eigenvalue weighted by molar-refractivity contribution is 9.10. The maximum absolute atomic E-state index is 9.18. The Morgan fingerprint density at radius 1 is 1.43 bits per heavy atom. The third-order valence-electron chi connectivity index (χ3n) is 1.83. The van der Waals surface area contributed by atoms with E-state index in [1.54, 1.807) is 13.2 Å². The van der Waals surface area contributed by atoms with Gasteiger partial charge in [0.25, 0.3) is 0 Å². The molecule has 0 heterocycles. The monoisotopic (exact) mass is 260 g/mol. The molecule has 0 fully saturated rings. The van der Waals surface area contributed by atoms with Gasteiger partial charge in [-0.1, -0.05) is 15.9 Å². The second-order valence-electron chi connectivity index (χ2n) is 2.65. The summed E-state index contributed by atoms with van der Waals surface area (Å²) in [6.45, 7) is 2.36. The van der Waals surface area contributed by atoms with Gasteiger partial charge < -0.3 is 14.6 Å². The number of aliphatic hydroxyl groups excluding tert-OH is 1. The molecule has 0 aliphatic rings. The number of ether oxygens (including phenoxy) is 2. The number of rotatable bonds is 4. The van der Waals surface area contributed by atoms with E-state index in [4.69, 9.17) is 9.47 Å². The highest BCUT2D eigenvalue weighted by Crippen LogP contribution is 2.36. The highest BCUT2D eigenvalue weighted by Gasteiger charge is 2.12. The molecule has 1 aromatic carbocycles. The molecule has 0 saturated carbocycles. The maximum atomic E-state index is 9.18. The Kier molecular flexibility index (Phi) is 4.22.